The van der Waals surface area contributed by atoms with Gasteiger partial charge in [0.25, 0.3) is 0 Å². The van der Waals surface area contributed by atoms with Gasteiger partial charge in [0.2, 0.25) is 28.8 Å². The number of pyridine rings is 2. The van der Waals surface area contributed by atoms with Crippen molar-refractivity contribution in [2.24, 2.45) is 17.8 Å². The minimum absolute atomic E-state index is 0. The number of rotatable bonds is 8. The Kier molecular flexibility index (Phi) is 18.6. The predicted molar refractivity (Wildman–Crippen MR) is 276 cm³/mol. The fourth-order valence-electron chi connectivity index (χ4n) is 5.83. The molecular formula is C44H47BrCl2N18O4S2. The van der Waals surface area contributed by atoms with Crippen molar-refractivity contribution in [1.29, 1.82) is 0 Å². The van der Waals surface area contributed by atoms with E-state index < -0.39 is 0 Å². The van der Waals surface area contributed by atoms with Crippen LogP contribution < -0.4 is 21.7 Å². The number of amides is 4. The first-order valence-electron chi connectivity index (χ1n) is 21.0. The van der Waals surface area contributed by atoms with Gasteiger partial charge in [-0.05, 0) is 123 Å². The van der Waals surface area contributed by atoms with Crippen LogP contribution >= 0.6 is 63.1 Å². The average Bonchev–Trinajstić information content (AvgIpc) is 4.30. The number of aromatic nitrogens is 14. The van der Waals surface area contributed by atoms with Crippen LogP contribution in [0.3, 0.4) is 0 Å². The van der Waals surface area contributed by atoms with Crippen molar-refractivity contribution >= 4 is 127 Å². The van der Waals surface area contributed by atoms with E-state index in [1.807, 2.05) is 69.7 Å². The van der Waals surface area contributed by atoms with Crippen LogP contribution in [-0.4, -0.2) is 97.5 Å². The summed E-state index contributed by atoms with van der Waals surface area (Å²) in [6.45, 7) is 0. The van der Waals surface area contributed by atoms with Crippen LogP contribution in [0.4, 0.5) is 17.5 Å². The monoisotopic (exact) mass is 1100 g/mol. The number of hydrogen-bond acceptors (Lipinski definition) is 16. The second-order valence-electron chi connectivity index (χ2n) is 15.3. The molecule has 71 heavy (non-hydrogen) atoms. The van der Waals surface area contributed by atoms with Crippen molar-refractivity contribution in [1.82, 2.24) is 73.9 Å². The van der Waals surface area contributed by atoms with Crippen LogP contribution in [0.25, 0.3) is 22.6 Å². The van der Waals surface area contributed by atoms with Crippen LogP contribution in [-0.2, 0) is 19.2 Å². The van der Waals surface area contributed by atoms with Gasteiger partial charge in [0.15, 0.2) is 44.1 Å². The molecule has 0 unspecified atom stereocenters. The number of nitrogens with zero attached hydrogens (tertiary/aromatic N) is 13. The van der Waals surface area contributed by atoms with Gasteiger partial charge in [0, 0.05) is 30.1 Å². The molecule has 0 radical (unpaired) electrons. The minimum atomic E-state index is -0.253. The van der Waals surface area contributed by atoms with Gasteiger partial charge in [-0.1, -0.05) is 66.1 Å². The van der Waals surface area contributed by atoms with Crippen molar-refractivity contribution in [3.63, 3.8) is 0 Å². The Labute approximate surface area is 433 Å². The number of alkyl halides is 1. The van der Waals surface area contributed by atoms with E-state index in [0.717, 1.165) is 60.0 Å². The standard InChI is InChI=1S/C16H13N7OS.C10H9ClN4O.C6H8BrNO2.C6H5N3S.C4H4ClN3.2CH4/c24-15(10-4-5-10)18-11-9-23-12(17-11)6-7-14(21-23)25-16-20-19-13-3-1-2-8-22(13)16;11-7-3-4-9-12-8(5-15(9)14-7)13-10(16)6-1-2-6;7-3-5(9)8-6(10)4-1-2-4;10-6-8-7-5-3-1-2-4-9(5)6;5-3-1-2-4(6)8-7-3;;/h1-3,6-10H,4-5H2,(H,18,24);3-6H,1-2H2,(H,13,16);4H,1-3H2,(H,8,9,10);1-4H,(H,8,10);1-2H,(H2,6,8);2*1H4. The van der Waals surface area contributed by atoms with Crippen LogP contribution in [0.15, 0.2) is 108 Å². The molecule has 370 valence electrons. The predicted octanol–water partition coefficient (Wildman–Crippen LogP) is 7.81. The van der Waals surface area contributed by atoms with Crippen LogP contribution in [0, 0.1) is 22.5 Å². The summed E-state index contributed by atoms with van der Waals surface area (Å²) in [6.07, 6.45) is 12.9. The fraction of sp³-hybridized carbons (Fsp3) is 0.273. The molecule has 4 amide bonds. The molecule has 27 heteroatoms. The zero-order valence-electron chi connectivity index (χ0n) is 35.9. The van der Waals surface area contributed by atoms with Crippen molar-refractivity contribution in [2.75, 3.05) is 21.7 Å². The molecule has 22 nitrogen and oxygen atoms in total. The molecule has 0 spiro atoms. The Morgan fingerprint density at radius 3 is 1.80 bits per heavy atom. The van der Waals surface area contributed by atoms with Crippen molar-refractivity contribution in [3.05, 3.63) is 113 Å². The Morgan fingerprint density at radius 2 is 1.24 bits per heavy atom. The molecule has 6 N–H and O–H groups in total. The first kappa shape index (κ1) is 53.4. The number of imide groups is 1. The van der Waals surface area contributed by atoms with Gasteiger partial charge in [-0.15, -0.1) is 20.4 Å². The molecule has 0 aromatic carbocycles. The van der Waals surface area contributed by atoms with Crippen LogP contribution in [0.5, 0.6) is 0 Å². The van der Waals surface area contributed by atoms with E-state index in [0.29, 0.717) is 43.8 Å². The van der Waals surface area contributed by atoms with Gasteiger partial charge in [-0.3, -0.25) is 38.4 Å². The molecule has 3 saturated carbocycles. The number of anilines is 3. The maximum absolute atomic E-state index is 11.9. The van der Waals surface area contributed by atoms with E-state index >= 15 is 0 Å². The number of imidazole rings is 2. The number of nitrogens with one attached hydrogen (secondary N) is 4. The topological polar surface area (TPSA) is 280 Å². The number of hydrogen-bond donors (Lipinski definition) is 5. The number of carbonyl (C=O) groups excluding carboxylic acids is 4. The van der Waals surface area contributed by atoms with E-state index in [2.05, 4.69) is 82.6 Å². The van der Waals surface area contributed by atoms with Crippen LogP contribution in [0.1, 0.15) is 53.4 Å². The van der Waals surface area contributed by atoms with Gasteiger partial charge in [-0.25, -0.2) is 19.0 Å². The van der Waals surface area contributed by atoms with Gasteiger partial charge < -0.3 is 16.4 Å². The molecule has 3 fully saturated rings. The summed E-state index contributed by atoms with van der Waals surface area (Å²) in [5.41, 5.74) is 8.18. The Morgan fingerprint density at radius 1 is 0.676 bits per heavy atom. The lowest BCUT2D eigenvalue weighted by atomic mass is 10.4. The zero-order chi connectivity index (χ0) is 48.4. The SMILES string of the molecule is C.C.Nc1ccc(Cl)nn1.O=C(CBr)NC(=O)C1CC1.O=C(Nc1cn2nc(Cl)ccc2n1)C1CC1.O=C(Nc1cn2nc(Sc3nnc4ccccn34)ccc2n1)C1CC1.S=c1[nH]nc2ccccn12. The number of aromatic amines is 1. The normalized spacial score (nSPS) is 13.3. The largest absolute Gasteiger partial charge is 0.382 e. The third-order valence-electron chi connectivity index (χ3n) is 9.77. The lowest BCUT2D eigenvalue weighted by Crippen LogP contribution is -2.32. The second-order valence-corrected chi connectivity index (χ2v) is 18.0. The molecule has 3 aliphatic rings. The quantitative estimate of drug-likeness (QED) is 0.0716. The molecule has 0 aliphatic heterocycles. The smallest absolute Gasteiger partial charge is 0.237 e. The van der Waals surface area contributed by atoms with Gasteiger partial charge in [0.1, 0.15) is 16.0 Å². The van der Waals surface area contributed by atoms with E-state index in [1.165, 1.54) is 11.8 Å². The molecule has 9 heterocycles. The highest BCUT2D eigenvalue weighted by molar-refractivity contribution is 9.09. The Bertz CT molecular complexity index is 3310. The maximum atomic E-state index is 11.9. The molecule has 0 saturated heterocycles. The first-order valence-corrected chi connectivity index (χ1v) is 24.1. The molecule has 9 aromatic rings. The fourth-order valence-corrected chi connectivity index (χ4v) is 7.20. The lowest BCUT2D eigenvalue weighted by molar-refractivity contribution is -0.129. The first-order chi connectivity index (χ1) is 33.4. The number of H-pyrrole nitrogens is 1. The van der Waals surface area contributed by atoms with Crippen molar-refractivity contribution in [2.45, 2.75) is 63.6 Å². The number of nitrogen functional groups attached to an aromatic ring is 1. The molecule has 0 bridgehead atoms. The van der Waals surface area contributed by atoms with E-state index in [-0.39, 0.29) is 61.6 Å². The highest BCUT2D eigenvalue weighted by atomic mass is 79.9. The zero-order valence-corrected chi connectivity index (χ0v) is 40.6. The van der Waals surface area contributed by atoms with Crippen LogP contribution in [0.2, 0.25) is 10.3 Å². The lowest BCUT2D eigenvalue weighted by Gasteiger charge is -1.99. The highest BCUT2D eigenvalue weighted by Gasteiger charge is 2.31. The molecular weight excluding hydrogens is 1060 g/mol. The van der Waals surface area contributed by atoms with E-state index in [9.17, 15) is 19.2 Å². The average molecular weight is 1110 g/mol. The summed E-state index contributed by atoms with van der Waals surface area (Å²) in [6, 6.07) is 21.8. The summed E-state index contributed by atoms with van der Waals surface area (Å²) in [5, 5.41) is 40.8. The Balaban J connectivity index is 0.000000155. The van der Waals surface area contributed by atoms with Crippen molar-refractivity contribution < 1.29 is 19.2 Å². The third-order valence-corrected chi connectivity index (χ3v) is 11.9. The summed E-state index contributed by atoms with van der Waals surface area (Å²) < 4.78 is 7.57. The molecule has 0 atom stereocenters. The number of carbonyl (C=O) groups is 4. The van der Waals surface area contributed by atoms with Gasteiger partial charge in [-0.2, -0.15) is 15.3 Å². The third kappa shape index (κ3) is 15.3. The number of halogens is 3. The second kappa shape index (κ2) is 24.8. The van der Waals surface area contributed by atoms with E-state index in [1.54, 1.807) is 45.7 Å². The molecule has 9 aromatic heterocycles. The van der Waals surface area contributed by atoms with Gasteiger partial charge >= 0.3 is 0 Å². The van der Waals surface area contributed by atoms with Gasteiger partial charge in [0.05, 0.1) is 17.7 Å². The highest BCUT2D eigenvalue weighted by Crippen LogP contribution is 2.31. The number of nitrogens with two attached hydrogens (primary N) is 1. The maximum Gasteiger partial charge on any atom is 0.237 e. The minimum Gasteiger partial charge on any atom is -0.382 e. The Hall–Kier alpha value is -6.93. The molecule has 12 rings (SSSR count). The summed E-state index contributed by atoms with van der Waals surface area (Å²) in [7, 11) is 0. The summed E-state index contributed by atoms with van der Waals surface area (Å²) >= 11 is 20.4. The summed E-state index contributed by atoms with van der Waals surface area (Å²) in [4.78, 5) is 53.4. The number of fused-ring (bicyclic) bond motifs is 4. The van der Waals surface area contributed by atoms with Crippen molar-refractivity contribution in [3.8, 4) is 0 Å². The van der Waals surface area contributed by atoms with E-state index in [4.69, 9.17) is 41.2 Å². The summed E-state index contributed by atoms with van der Waals surface area (Å²) in [5.74, 6) is 1.55. The molecule has 3 aliphatic carbocycles.